The normalized spacial score (nSPS) is 11.9. The molecule has 0 aliphatic heterocycles. The number of aromatic nitrogens is 2. The Morgan fingerprint density at radius 3 is 2.53 bits per heavy atom. The highest BCUT2D eigenvalue weighted by Gasteiger charge is 2.36. The van der Waals surface area contributed by atoms with E-state index in [1.54, 1.807) is 0 Å². The molecule has 0 spiro atoms. The van der Waals surface area contributed by atoms with Gasteiger partial charge in [0.15, 0.2) is 0 Å². The molecule has 0 aliphatic carbocycles. The Morgan fingerprint density at radius 2 is 2.12 bits per heavy atom. The molecule has 1 aromatic heterocycles. The molecule has 1 rings (SSSR count). The molecule has 4 nitrogen and oxygen atoms in total. The Bertz CT molecular complexity index is 413. The Labute approximate surface area is 92.0 Å². The van der Waals surface area contributed by atoms with Gasteiger partial charge in [0.2, 0.25) is 0 Å². The van der Waals surface area contributed by atoms with Gasteiger partial charge < -0.3 is 4.74 Å². The molecule has 0 saturated carbocycles. The van der Waals surface area contributed by atoms with Crippen LogP contribution in [0.15, 0.2) is 6.20 Å². The van der Waals surface area contributed by atoms with Crippen LogP contribution in [0.2, 0.25) is 0 Å². The van der Waals surface area contributed by atoms with Crippen molar-refractivity contribution in [1.29, 1.82) is 0 Å². The van der Waals surface area contributed by atoms with Crippen LogP contribution in [0.5, 0.6) is 0 Å². The molecule has 0 N–H and O–H groups in total. The lowest BCUT2D eigenvalue weighted by Gasteiger charge is -2.03. The lowest BCUT2D eigenvalue weighted by atomic mass is 10.2. The summed E-state index contributed by atoms with van der Waals surface area (Å²) in [6, 6.07) is 0. The van der Waals surface area contributed by atoms with Crippen molar-refractivity contribution in [1.82, 2.24) is 9.78 Å². The summed E-state index contributed by atoms with van der Waals surface area (Å²) in [5.41, 5.74) is -2.14. The van der Waals surface area contributed by atoms with Gasteiger partial charge >= 0.3 is 12.3 Å². The zero-order valence-corrected chi connectivity index (χ0v) is 8.46. The molecule has 0 saturated heterocycles. The number of rotatable bonds is 3. The van der Waals surface area contributed by atoms with Crippen LogP contribution in [0.4, 0.5) is 22.0 Å². The van der Waals surface area contributed by atoms with Crippen molar-refractivity contribution in [3.05, 3.63) is 17.5 Å². The highest BCUT2D eigenvalue weighted by atomic mass is 19.4. The molecular formula is C8H7F5N2O2. The highest BCUT2D eigenvalue weighted by Crippen LogP contribution is 2.27. The zero-order valence-electron chi connectivity index (χ0n) is 8.46. The smallest absolute Gasteiger partial charge is 0.462 e. The van der Waals surface area contributed by atoms with Crippen LogP contribution in [0.1, 0.15) is 29.4 Å². The van der Waals surface area contributed by atoms with Gasteiger partial charge in [-0.15, -0.1) is 13.2 Å². The van der Waals surface area contributed by atoms with Crippen LogP contribution in [0.3, 0.4) is 0 Å². The van der Waals surface area contributed by atoms with E-state index in [1.807, 2.05) is 0 Å². The summed E-state index contributed by atoms with van der Waals surface area (Å²) < 4.78 is 65.0. The first kappa shape index (κ1) is 13.4. The Balaban J connectivity index is 3.19. The SMILES string of the molecule is CCOC(=O)c1cn(C(F)(F)F)nc1C(F)F. The fraction of sp³-hybridized carbons (Fsp3) is 0.500. The second-order valence-electron chi connectivity index (χ2n) is 2.86. The molecular weight excluding hydrogens is 251 g/mol. The lowest BCUT2D eigenvalue weighted by molar-refractivity contribution is -0.212. The van der Waals surface area contributed by atoms with Crippen LogP contribution < -0.4 is 0 Å². The number of carbonyl (C=O) groups is 1. The molecule has 1 aromatic rings. The van der Waals surface area contributed by atoms with E-state index < -0.39 is 34.6 Å². The fourth-order valence-electron chi connectivity index (χ4n) is 1.04. The minimum absolute atomic E-state index is 0.140. The summed E-state index contributed by atoms with van der Waals surface area (Å²) in [4.78, 5) is 11.1. The number of halogens is 5. The number of esters is 1. The fourth-order valence-corrected chi connectivity index (χ4v) is 1.04. The number of carbonyl (C=O) groups excluding carboxylic acids is 1. The van der Waals surface area contributed by atoms with Crippen LogP contribution in [-0.4, -0.2) is 22.4 Å². The molecule has 0 atom stereocenters. The molecule has 17 heavy (non-hydrogen) atoms. The first-order valence-corrected chi connectivity index (χ1v) is 4.39. The molecule has 0 amide bonds. The van der Waals surface area contributed by atoms with Crippen molar-refractivity contribution in [2.45, 2.75) is 19.6 Å². The van der Waals surface area contributed by atoms with Gasteiger partial charge in [-0.2, -0.15) is 9.78 Å². The van der Waals surface area contributed by atoms with E-state index in [0.717, 1.165) is 0 Å². The van der Waals surface area contributed by atoms with E-state index in [4.69, 9.17) is 0 Å². The van der Waals surface area contributed by atoms with E-state index in [9.17, 15) is 26.7 Å². The summed E-state index contributed by atoms with van der Waals surface area (Å²) in [5, 5.41) is 2.63. The van der Waals surface area contributed by atoms with Crippen LogP contribution >= 0.6 is 0 Å². The molecule has 96 valence electrons. The predicted octanol–water partition coefficient (Wildman–Crippen LogP) is 2.47. The zero-order chi connectivity index (χ0) is 13.2. The standard InChI is InChI=1S/C8H7F5N2O2/c1-2-17-7(16)4-3-15(8(11,12)13)14-5(4)6(9)10/h3,6H,2H2,1H3. The molecule has 0 unspecified atom stereocenters. The highest BCUT2D eigenvalue weighted by molar-refractivity contribution is 5.90. The van der Waals surface area contributed by atoms with E-state index in [2.05, 4.69) is 9.84 Å². The molecule has 0 aromatic carbocycles. The topological polar surface area (TPSA) is 44.1 Å². The third kappa shape index (κ3) is 2.92. The van der Waals surface area contributed by atoms with Crippen molar-refractivity contribution in [2.75, 3.05) is 6.61 Å². The van der Waals surface area contributed by atoms with Gasteiger partial charge in [0.1, 0.15) is 11.3 Å². The summed E-state index contributed by atoms with van der Waals surface area (Å²) >= 11 is 0. The van der Waals surface area contributed by atoms with Gasteiger partial charge in [-0.05, 0) is 6.92 Å². The maximum Gasteiger partial charge on any atom is 0.504 e. The van der Waals surface area contributed by atoms with Crippen molar-refractivity contribution in [3.63, 3.8) is 0 Å². The number of nitrogens with zero attached hydrogens (tertiary/aromatic N) is 2. The van der Waals surface area contributed by atoms with Crippen molar-refractivity contribution in [2.24, 2.45) is 0 Å². The summed E-state index contributed by atoms with van der Waals surface area (Å²) in [5.74, 6) is -1.27. The van der Waals surface area contributed by atoms with Gasteiger partial charge in [-0.25, -0.2) is 13.6 Å². The molecule has 0 radical (unpaired) electrons. The molecule has 1 heterocycles. The van der Waals surface area contributed by atoms with Gasteiger partial charge in [0.05, 0.1) is 6.61 Å². The van der Waals surface area contributed by atoms with Gasteiger partial charge in [0, 0.05) is 6.20 Å². The van der Waals surface area contributed by atoms with Crippen LogP contribution in [-0.2, 0) is 11.0 Å². The third-order valence-corrected chi connectivity index (χ3v) is 1.70. The largest absolute Gasteiger partial charge is 0.504 e. The van der Waals surface area contributed by atoms with Crippen LogP contribution in [0.25, 0.3) is 0 Å². The van der Waals surface area contributed by atoms with Crippen molar-refractivity contribution >= 4 is 5.97 Å². The van der Waals surface area contributed by atoms with Gasteiger partial charge in [-0.1, -0.05) is 0 Å². The Hall–Kier alpha value is -1.67. The Kier molecular flexibility index (Phi) is 3.69. The van der Waals surface area contributed by atoms with Crippen LogP contribution in [0, 0.1) is 0 Å². The van der Waals surface area contributed by atoms with E-state index in [1.165, 1.54) is 6.92 Å². The first-order valence-electron chi connectivity index (χ1n) is 4.39. The molecule has 0 bridgehead atoms. The third-order valence-electron chi connectivity index (χ3n) is 1.70. The number of alkyl halides is 5. The monoisotopic (exact) mass is 258 g/mol. The summed E-state index contributed by atoms with van der Waals surface area (Å²) in [7, 11) is 0. The second-order valence-corrected chi connectivity index (χ2v) is 2.86. The average Bonchev–Trinajstić information content (AvgIpc) is 2.61. The van der Waals surface area contributed by atoms with E-state index in [0.29, 0.717) is 0 Å². The van der Waals surface area contributed by atoms with Gasteiger partial charge in [0.25, 0.3) is 6.43 Å². The number of hydrogen-bond acceptors (Lipinski definition) is 3. The van der Waals surface area contributed by atoms with E-state index >= 15 is 0 Å². The minimum atomic E-state index is -4.96. The van der Waals surface area contributed by atoms with Crippen molar-refractivity contribution in [3.8, 4) is 0 Å². The minimum Gasteiger partial charge on any atom is -0.462 e. The Morgan fingerprint density at radius 1 is 1.53 bits per heavy atom. The molecule has 0 fully saturated rings. The predicted molar refractivity (Wildman–Crippen MR) is 44.4 cm³/mol. The second kappa shape index (κ2) is 4.68. The quantitative estimate of drug-likeness (QED) is 0.618. The lowest BCUT2D eigenvalue weighted by Crippen LogP contribution is -2.17. The molecule has 0 aliphatic rings. The summed E-state index contributed by atoms with van der Waals surface area (Å²) in [6.45, 7) is 1.26. The average molecular weight is 258 g/mol. The first-order chi connectivity index (χ1) is 7.77. The maximum absolute atomic E-state index is 12.4. The number of hydrogen-bond donors (Lipinski definition) is 0. The maximum atomic E-state index is 12.4. The van der Waals surface area contributed by atoms with Gasteiger partial charge in [-0.3, -0.25) is 0 Å². The summed E-state index contributed by atoms with van der Waals surface area (Å²) in [6.07, 6.45) is -8.08. The number of ether oxygens (including phenoxy) is 1. The molecule has 9 heteroatoms. The van der Waals surface area contributed by atoms with Crippen molar-refractivity contribution < 1.29 is 31.5 Å². The van der Waals surface area contributed by atoms with E-state index in [-0.39, 0.29) is 12.8 Å².